The van der Waals surface area contributed by atoms with Gasteiger partial charge in [0.15, 0.2) is 5.76 Å². The second-order valence-corrected chi connectivity index (χ2v) is 8.64. The highest BCUT2D eigenvalue weighted by atomic mass is 16.5. The number of fused-ring (bicyclic) bond motifs is 1. The topological polar surface area (TPSA) is 119 Å². The summed E-state index contributed by atoms with van der Waals surface area (Å²) < 4.78 is 11.8. The second kappa shape index (κ2) is 10.9. The summed E-state index contributed by atoms with van der Waals surface area (Å²) >= 11 is 0. The fraction of sp³-hybridized carbons (Fsp3) is 0.143. The van der Waals surface area contributed by atoms with Gasteiger partial charge >= 0.3 is 0 Å². The van der Waals surface area contributed by atoms with E-state index in [1.807, 2.05) is 72.8 Å². The van der Waals surface area contributed by atoms with E-state index in [2.05, 4.69) is 20.3 Å². The number of hydrogen-bond donors (Lipinski definition) is 2. The number of nitrogens with two attached hydrogens (primary N) is 1. The molecule has 0 aliphatic heterocycles. The first-order valence-electron chi connectivity index (χ1n) is 11.7. The lowest BCUT2D eigenvalue weighted by Crippen LogP contribution is -2.30. The van der Waals surface area contributed by atoms with Crippen LogP contribution in [0.2, 0.25) is 0 Å². The lowest BCUT2D eigenvalue weighted by Gasteiger charge is -2.12. The Morgan fingerprint density at radius 3 is 2.62 bits per heavy atom. The second-order valence-electron chi connectivity index (χ2n) is 8.64. The minimum absolute atomic E-state index is 0.150. The van der Waals surface area contributed by atoms with Gasteiger partial charge in [-0.15, -0.1) is 0 Å². The molecule has 1 amide bonds. The Morgan fingerprint density at radius 1 is 1.03 bits per heavy atom. The smallest absolute Gasteiger partial charge is 0.231 e. The molecule has 3 aromatic heterocycles. The van der Waals surface area contributed by atoms with E-state index in [0.29, 0.717) is 41.7 Å². The minimum atomic E-state index is -0.389. The van der Waals surface area contributed by atoms with Crippen molar-refractivity contribution in [2.45, 2.75) is 13.2 Å². The number of anilines is 2. The van der Waals surface area contributed by atoms with Gasteiger partial charge in [-0.3, -0.25) is 14.7 Å². The van der Waals surface area contributed by atoms with Crippen molar-refractivity contribution in [3.8, 4) is 17.2 Å². The lowest BCUT2D eigenvalue weighted by molar-refractivity contribution is -0.119. The maximum Gasteiger partial charge on any atom is 0.231 e. The standard InChI is InChI=1S/C28H26N6O3/c1-34(16-27(29)35)15-22-11-12-26(37-22)24-13-23-25(14-30-24)31-18-32-28(23)33-20-7-9-21(10-8-20)36-17-19-5-3-2-4-6-19/h2-14,18H,15-17H2,1H3,(H2,29,35)(H,31,32,33). The number of furan rings is 1. The van der Waals surface area contributed by atoms with Crippen molar-refractivity contribution in [1.29, 1.82) is 0 Å². The summed E-state index contributed by atoms with van der Waals surface area (Å²) in [5, 5.41) is 4.17. The predicted octanol–water partition coefficient (Wildman–Crippen LogP) is 4.52. The van der Waals surface area contributed by atoms with E-state index in [9.17, 15) is 4.79 Å². The van der Waals surface area contributed by atoms with Crippen molar-refractivity contribution in [3.63, 3.8) is 0 Å². The van der Waals surface area contributed by atoms with Gasteiger partial charge in [-0.05, 0) is 55.1 Å². The number of hydrogen-bond acceptors (Lipinski definition) is 8. The Kier molecular flexibility index (Phi) is 7.05. The molecule has 9 heteroatoms. The van der Waals surface area contributed by atoms with Crippen molar-refractivity contribution in [1.82, 2.24) is 19.9 Å². The summed E-state index contributed by atoms with van der Waals surface area (Å²) in [7, 11) is 1.80. The molecule has 0 aliphatic carbocycles. The van der Waals surface area contributed by atoms with Gasteiger partial charge in [0.05, 0.1) is 24.8 Å². The molecule has 37 heavy (non-hydrogen) atoms. The first-order valence-corrected chi connectivity index (χ1v) is 11.7. The molecule has 186 valence electrons. The van der Waals surface area contributed by atoms with E-state index in [1.165, 1.54) is 6.33 Å². The van der Waals surface area contributed by atoms with Gasteiger partial charge in [-0.1, -0.05) is 30.3 Å². The number of nitrogens with one attached hydrogen (secondary N) is 1. The number of likely N-dealkylation sites (N-methyl/N-ethyl adjacent to an activating group) is 1. The third-order valence-electron chi connectivity index (χ3n) is 5.65. The molecular weight excluding hydrogens is 468 g/mol. The molecular formula is C28H26N6O3. The number of rotatable bonds is 10. The molecule has 3 heterocycles. The molecule has 3 N–H and O–H groups in total. The van der Waals surface area contributed by atoms with Crippen molar-refractivity contribution in [2.75, 3.05) is 18.9 Å². The van der Waals surface area contributed by atoms with E-state index >= 15 is 0 Å². The molecule has 0 saturated heterocycles. The Balaban J connectivity index is 1.31. The molecule has 5 aromatic rings. The minimum Gasteiger partial charge on any atom is -0.489 e. The molecule has 0 spiro atoms. The summed E-state index contributed by atoms with van der Waals surface area (Å²) in [6, 6.07) is 23.4. The van der Waals surface area contributed by atoms with Gasteiger partial charge in [-0.2, -0.15) is 0 Å². The van der Waals surface area contributed by atoms with Crippen LogP contribution in [0.3, 0.4) is 0 Å². The zero-order valence-corrected chi connectivity index (χ0v) is 20.3. The largest absolute Gasteiger partial charge is 0.489 e. The average Bonchev–Trinajstić information content (AvgIpc) is 3.36. The molecule has 0 fully saturated rings. The first-order chi connectivity index (χ1) is 18.0. The average molecular weight is 495 g/mol. The Morgan fingerprint density at radius 2 is 1.84 bits per heavy atom. The first kappa shape index (κ1) is 24.0. The maximum atomic E-state index is 11.1. The number of nitrogens with zero attached hydrogens (tertiary/aromatic N) is 4. The molecule has 0 atom stereocenters. The number of ether oxygens (including phenoxy) is 1. The fourth-order valence-electron chi connectivity index (χ4n) is 3.89. The number of carbonyl (C=O) groups excluding carboxylic acids is 1. The summed E-state index contributed by atoms with van der Waals surface area (Å²) in [6.07, 6.45) is 3.20. The zero-order chi connectivity index (χ0) is 25.6. The number of carbonyl (C=O) groups is 1. The molecule has 2 aromatic carbocycles. The van der Waals surface area contributed by atoms with Crippen LogP contribution in [0.1, 0.15) is 11.3 Å². The Bertz CT molecular complexity index is 1500. The Labute approximate surface area is 213 Å². The van der Waals surface area contributed by atoms with E-state index in [1.54, 1.807) is 18.1 Å². The third-order valence-corrected chi connectivity index (χ3v) is 5.65. The molecule has 0 aliphatic rings. The number of benzene rings is 2. The number of pyridine rings is 1. The van der Waals surface area contributed by atoms with Crippen molar-refractivity contribution >= 4 is 28.3 Å². The molecule has 9 nitrogen and oxygen atoms in total. The van der Waals surface area contributed by atoms with Gasteiger partial charge in [0, 0.05) is 11.1 Å². The van der Waals surface area contributed by atoms with Crippen LogP contribution in [0, 0.1) is 0 Å². The number of primary amides is 1. The third kappa shape index (κ3) is 6.09. The number of aromatic nitrogens is 3. The van der Waals surface area contributed by atoms with Crippen LogP contribution < -0.4 is 15.8 Å². The van der Waals surface area contributed by atoms with Crippen molar-refractivity contribution in [2.24, 2.45) is 5.73 Å². The van der Waals surface area contributed by atoms with Gasteiger partial charge in [0.25, 0.3) is 0 Å². The SMILES string of the molecule is CN(CC(N)=O)Cc1ccc(-c2cc3c(Nc4ccc(OCc5ccccc5)cc4)ncnc3cn2)o1. The summed E-state index contributed by atoms with van der Waals surface area (Å²) in [4.78, 5) is 26.2. The van der Waals surface area contributed by atoms with Gasteiger partial charge < -0.3 is 20.2 Å². The monoisotopic (exact) mass is 494 g/mol. The van der Waals surface area contributed by atoms with Crippen molar-refractivity contribution < 1.29 is 13.9 Å². The van der Waals surface area contributed by atoms with Crippen molar-refractivity contribution in [3.05, 3.63) is 96.6 Å². The van der Waals surface area contributed by atoms with E-state index < -0.39 is 0 Å². The molecule has 5 rings (SSSR count). The normalized spacial score (nSPS) is 11.1. The van der Waals surface area contributed by atoms with Gasteiger partial charge in [0.2, 0.25) is 5.91 Å². The predicted molar refractivity (Wildman–Crippen MR) is 141 cm³/mol. The molecule has 0 saturated carbocycles. The maximum absolute atomic E-state index is 11.1. The molecule has 0 unspecified atom stereocenters. The highest BCUT2D eigenvalue weighted by molar-refractivity contribution is 5.92. The van der Waals surface area contributed by atoms with E-state index in [-0.39, 0.29) is 12.5 Å². The van der Waals surface area contributed by atoms with Crippen LogP contribution in [-0.4, -0.2) is 39.4 Å². The van der Waals surface area contributed by atoms with Crippen LogP contribution >= 0.6 is 0 Å². The van der Waals surface area contributed by atoms with Gasteiger partial charge in [0.1, 0.15) is 36.0 Å². The summed E-state index contributed by atoms with van der Waals surface area (Å²) in [5.41, 5.74) is 8.60. The number of amides is 1. The highest BCUT2D eigenvalue weighted by Gasteiger charge is 2.12. The van der Waals surface area contributed by atoms with Crippen LogP contribution in [-0.2, 0) is 17.9 Å². The van der Waals surface area contributed by atoms with E-state index in [4.69, 9.17) is 14.9 Å². The fourth-order valence-corrected chi connectivity index (χ4v) is 3.89. The summed E-state index contributed by atoms with van der Waals surface area (Å²) in [5.74, 6) is 2.36. The van der Waals surface area contributed by atoms with Crippen LogP contribution in [0.25, 0.3) is 22.4 Å². The van der Waals surface area contributed by atoms with E-state index in [0.717, 1.165) is 22.4 Å². The molecule has 0 bridgehead atoms. The molecule has 0 radical (unpaired) electrons. The summed E-state index contributed by atoms with van der Waals surface area (Å²) in [6.45, 7) is 1.12. The van der Waals surface area contributed by atoms with Crippen LogP contribution in [0.15, 0.2) is 89.7 Å². The highest BCUT2D eigenvalue weighted by Crippen LogP contribution is 2.28. The lowest BCUT2D eigenvalue weighted by atomic mass is 10.2. The quantitative estimate of drug-likeness (QED) is 0.291. The van der Waals surface area contributed by atoms with Crippen LogP contribution in [0.5, 0.6) is 5.75 Å². The zero-order valence-electron chi connectivity index (χ0n) is 20.3. The van der Waals surface area contributed by atoms with Gasteiger partial charge in [-0.25, -0.2) is 9.97 Å². The van der Waals surface area contributed by atoms with Crippen LogP contribution in [0.4, 0.5) is 11.5 Å². The Hall–Kier alpha value is -4.76.